The topological polar surface area (TPSA) is 108 Å². The van der Waals surface area contributed by atoms with E-state index in [0.29, 0.717) is 47.0 Å². The van der Waals surface area contributed by atoms with Crippen molar-refractivity contribution in [2.24, 2.45) is 4.99 Å². The molecule has 1 atom stereocenters. The standard InChI is InChI=1S/C29H32N4O5S/c1-5-39(36,37)33(18-17-32(2)3)23-14-12-22(13-15-23)30-27(20-9-7-6-8-10-20)26-24-16-11-21(29(35)38-4)19-25(24)31-28(26)34/h6-16,19,26H,5,17-18H2,1-4H3,(H,31,34). The lowest BCUT2D eigenvalue weighted by atomic mass is 9.90. The summed E-state index contributed by atoms with van der Waals surface area (Å²) in [6.07, 6.45) is 0. The summed E-state index contributed by atoms with van der Waals surface area (Å²) in [6.45, 7) is 2.53. The van der Waals surface area contributed by atoms with Gasteiger partial charge in [-0.2, -0.15) is 0 Å². The Morgan fingerprint density at radius 2 is 1.67 bits per heavy atom. The van der Waals surface area contributed by atoms with Crippen LogP contribution in [0.4, 0.5) is 17.1 Å². The Hall–Kier alpha value is -4.02. The molecular formula is C29H32N4O5S. The summed E-state index contributed by atoms with van der Waals surface area (Å²) in [4.78, 5) is 32.0. The van der Waals surface area contributed by atoms with E-state index < -0.39 is 21.9 Å². The van der Waals surface area contributed by atoms with Gasteiger partial charge in [0.15, 0.2) is 0 Å². The van der Waals surface area contributed by atoms with Crippen LogP contribution < -0.4 is 9.62 Å². The molecule has 1 heterocycles. The fourth-order valence-electron chi connectivity index (χ4n) is 4.39. The van der Waals surface area contributed by atoms with Gasteiger partial charge in [-0.1, -0.05) is 36.4 Å². The number of likely N-dealkylation sites (N-methyl/N-ethyl adjacent to an activating group) is 1. The molecule has 1 amide bonds. The predicted octanol–water partition coefficient (Wildman–Crippen LogP) is 4.05. The molecule has 0 bridgehead atoms. The molecule has 0 saturated heterocycles. The van der Waals surface area contributed by atoms with Gasteiger partial charge in [-0.05, 0) is 68.5 Å². The Morgan fingerprint density at radius 3 is 2.28 bits per heavy atom. The average Bonchev–Trinajstić information content (AvgIpc) is 3.26. The van der Waals surface area contributed by atoms with Gasteiger partial charge in [0, 0.05) is 18.8 Å². The normalized spacial score (nSPS) is 15.2. The number of fused-ring (bicyclic) bond motifs is 1. The van der Waals surface area contributed by atoms with E-state index in [0.717, 1.165) is 5.56 Å². The minimum atomic E-state index is -3.47. The lowest BCUT2D eigenvalue weighted by molar-refractivity contribution is -0.115. The molecule has 1 N–H and O–H groups in total. The largest absolute Gasteiger partial charge is 0.465 e. The number of nitrogens with zero attached hydrogens (tertiary/aromatic N) is 3. The third-order valence-corrected chi connectivity index (χ3v) is 8.28. The van der Waals surface area contributed by atoms with Crippen molar-refractivity contribution in [2.45, 2.75) is 12.8 Å². The van der Waals surface area contributed by atoms with E-state index >= 15 is 0 Å². The Balaban J connectivity index is 1.74. The first-order valence-electron chi connectivity index (χ1n) is 12.6. The van der Waals surface area contributed by atoms with Crippen molar-refractivity contribution in [3.8, 4) is 0 Å². The van der Waals surface area contributed by atoms with Gasteiger partial charge in [-0.15, -0.1) is 0 Å². The molecule has 0 fully saturated rings. The number of benzene rings is 3. The second-order valence-electron chi connectivity index (χ2n) is 9.37. The number of ether oxygens (including phenoxy) is 1. The van der Waals surface area contributed by atoms with E-state index in [9.17, 15) is 18.0 Å². The highest BCUT2D eigenvalue weighted by Crippen LogP contribution is 2.37. The second kappa shape index (κ2) is 11.8. The van der Waals surface area contributed by atoms with Gasteiger partial charge in [-0.3, -0.25) is 14.1 Å². The first-order chi connectivity index (χ1) is 18.6. The van der Waals surface area contributed by atoms with Gasteiger partial charge in [0.25, 0.3) is 0 Å². The second-order valence-corrected chi connectivity index (χ2v) is 11.6. The average molecular weight is 549 g/mol. The predicted molar refractivity (Wildman–Crippen MR) is 154 cm³/mol. The smallest absolute Gasteiger partial charge is 0.337 e. The van der Waals surface area contributed by atoms with Gasteiger partial charge >= 0.3 is 5.97 Å². The Bertz CT molecular complexity index is 1490. The molecule has 1 aliphatic heterocycles. The molecule has 0 aromatic heterocycles. The van der Waals surface area contributed by atoms with Gasteiger partial charge < -0.3 is 15.0 Å². The van der Waals surface area contributed by atoms with Crippen molar-refractivity contribution in [1.82, 2.24) is 4.90 Å². The number of hydrogen-bond acceptors (Lipinski definition) is 7. The van der Waals surface area contributed by atoms with Crippen molar-refractivity contribution in [3.63, 3.8) is 0 Å². The minimum absolute atomic E-state index is 0.00756. The number of carbonyl (C=O) groups is 2. The Labute approximate surface area is 229 Å². The number of nitrogens with one attached hydrogen (secondary N) is 1. The van der Waals surface area contributed by atoms with Crippen LogP contribution in [-0.2, 0) is 19.6 Å². The zero-order valence-electron chi connectivity index (χ0n) is 22.4. The van der Waals surface area contributed by atoms with E-state index in [2.05, 4.69) is 5.32 Å². The van der Waals surface area contributed by atoms with Gasteiger partial charge in [-0.25, -0.2) is 13.2 Å². The molecule has 0 spiro atoms. The van der Waals surface area contributed by atoms with Crippen molar-refractivity contribution in [1.29, 1.82) is 0 Å². The number of anilines is 2. The number of esters is 1. The maximum atomic E-state index is 13.2. The van der Waals surface area contributed by atoms with Crippen LogP contribution in [-0.4, -0.2) is 71.0 Å². The molecule has 3 aromatic carbocycles. The van der Waals surface area contributed by atoms with Crippen molar-refractivity contribution >= 4 is 44.7 Å². The number of rotatable bonds is 10. The quantitative estimate of drug-likeness (QED) is 0.303. The van der Waals surface area contributed by atoms with E-state index in [1.165, 1.54) is 11.4 Å². The van der Waals surface area contributed by atoms with E-state index in [4.69, 9.17) is 9.73 Å². The van der Waals surface area contributed by atoms with Crippen molar-refractivity contribution in [3.05, 3.63) is 89.5 Å². The molecule has 3 aromatic rings. The fraction of sp³-hybridized carbons (Fsp3) is 0.276. The van der Waals surface area contributed by atoms with Crippen LogP contribution >= 0.6 is 0 Å². The summed E-state index contributed by atoms with van der Waals surface area (Å²) in [7, 11) is 1.63. The van der Waals surface area contributed by atoms with E-state index in [1.807, 2.05) is 49.3 Å². The molecule has 204 valence electrons. The maximum Gasteiger partial charge on any atom is 0.337 e. The minimum Gasteiger partial charge on any atom is -0.465 e. The summed E-state index contributed by atoms with van der Waals surface area (Å²) in [5.41, 5.74) is 4.02. The van der Waals surface area contributed by atoms with Crippen LogP contribution in [0.5, 0.6) is 0 Å². The third-order valence-electron chi connectivity index (χ3n) is 6.49. The molecule has 9 nitrogen and oxygen atoms in total. The summed E-state index contributed by atoms with van der Waals surface area (Å²) in [6, 6.07) is 21.4. The van der Waals surface area contributed by atoms with Crippen molar-refractivity contribution in [2.75, 3.05) is 49.7 Å². The highest BCUT2D eigenvalue weighted by atomic mass is 32.2. The number of carbonyl (C=O) groups excluding carboxylic acids is 2. The molecule has 0 saturated carbocycles. The van der Waals surface area contributed by atoms with Gasteiger partial charge in [0.2, 0.25) is 15.9 Å². The van der Waals surface area contributed by atoms with Crippen LogP contribution in [0.15, 0.2) is 77.8 Å². The first-order valence-corrected chi connectivity index (χ1v) is 14.2. The Kier molecular flexibility index (Phi) is 8.47. The maximum absolute atomic E-state index is 13.2. The number of methoxy groups -OCH3 is 1. The molecule has 1 unspecified atom stereocenters. The summed E-state index contributed by atoms with van der Waals surface area (Å²) in [5.74, 6) is -1.45. The summed E-state index contributed by atoms with van der Waals surface area (Å²) >= 11 is 0. The molecule has 0 aliphatic carbocycles. The lowest BCUT2D eigenvalue weighted by Gasteiger charge is -2.25. The van der Waals surface area contributed by atoms with Gasteiger partial charge in [0.05, 0.1) is 35.5 Å². The molecular weight excluding hydrogens is 516 g/mol. The molecule has 10 heteroatoms. The fourth-order valence-corrected chi connectivity index (χ4v) is 5.51. The van der Waals surface area contributed by atoms with E-state index in [-0.39, 0.29) is 11.7 Å². The molecule has 39 heavy (non-hydrogen) atoms. The SMILES string of the molecule is CCS(=O)(=O)N(CCN(C)C)c1ccc(N=C(c2ccccc2)C2C(=O)Nc3cc(C(=O)OC)ccc32)cc1. The zero-order valence-corrected chi connectivity index (χ0v) is 23.2. The third kappa shape index (κ3) is 6.18. The van der Waals surface area contributed by atoms with Crippen molar-refractivity contribution < 1.29 is 22.7 Å². The van der Waals surface area contributed by atoms with Crippen LogP contribution in [0.25, 0.3) is 0 Å². The lowest BCUT2D eigenvalue weighted by Crippen LogP contribution is -2.37. The monoisotopic (exact) mass is 548 g/mol. The summed E-state index contributed by atoms with van der Waals surface area (Å²) < 4.78 is 31.8. The molecule has 0 radical (unpaired) electrons. The number of hydrogen-bond donors (Lipinski definition) is 1. The Morgan fingerprint density at radius 1 is 0.974 bits per heavy atom. The molecule has 1 aliphatic rings. The van der Waals surface area contributed by atoms with Crippen LogP contribution in [0.2, 0.25) is 0 Å². The number of aliphatic imine (C=N–C) groups is 1. The highest BCUT2D eigenvalue weighted by Gasteiger charge is 2.36. The molecule has 4 rings (SSSR count). The van der Waals surface area contributed by atoms with Crippen LogP contribution in [0.3, 0.4) is 0 Å². The zero-order chi connectivity index (χ0) is 28.2. The highest BCUT2D eigenvalue weighted by molar-refractivity contribution is 7.92. The van der Waals surface area contributed by atoms with Crippen LogP contribution in [0, 0.1) is 0 Å². The van der Waals surface area contributed by atoms with E-state index in [1.54, 1.807) is 49.4 Å². The van der Waals surface area contributed by atoms with Gasteiger partial charge in [0.1, 0.15) is 5.92 Å². The number of sulfonamides is 1. The summed E-state index contributed by atoms with van der Waals surface area (Å²) in [5, 5.41) is 2.87. The first kappa shape index (κ1) is 28.0. The van der Waals surface area contributed by atoms with Crippen LogP contribution in [0.1, 0.15) is 34.3 Å². The number of amides is 1.